The van der Waals surface area contributed by atoms with Crippen LogP contribution in [0, 0.1) is 0 Å². The van der Waals surface area contributed by atoms with Crippen LogP contribution in [0.5, 0.6) is 5.75 Å². The van der Waals surface area contributed by atoms with Crippen LogP contribution in [0.1, 0.15) is 23.2 Å². The number of carbonyl (C=O) groups is 1. The molecule has 0 bridgehead atoms. The van der Waals surface area contributed by atoms with E-state index in [0.717, 1.165) is 12.8 Å². The van der Waals surface area contributed by atoms with Gasteiger partial charge in [0.25, 0.3) is 5.91 Å². The summed E-state index contributed by atoms with van der Waals surface area (Å²) in [5.41, 5.74) is 0.497. The molecule has 15 heavy (non-hydrogen) atoms. The predicted octanol–water partition coefficient (Wildman–Crippen LogP) is 2.24. The van der Waals surface area contributed by atoms with Crippen molar-refractivity contribution in [3.05, 3.63) is 28.8 Å². The van der Waals surface area contributed by atoms with E-state index in [0.29, 0.717) is 16.3 Å². The Labute approximate surface area is 93.4 Å². The van der Waals surface area contributed by atoms with Crippen LogP contribution in [0.15, 0.2) is 18.2 Å². The van der Waals surface area contributed by atoms with E-state index in [1.807, 2.05) is 0 Å². The zero-order valence-corrected chi connectivity index (χ0v) is 9.17. The van der Waals surface area contributed by atoms with Gasteiger partial charge in [-0.05, 0) is 25.0 Å². The Morgan fingerprint density at radius 1 is 1.53 bits per heavy atom. The SMILES string of the molecule is CNC(=O)c1cccc(Cl)c1OC1CC1. The Kier molecular flexibility index (Phi) is 2.82. The number of nitrogens with one attached hydrogen (secondary N) is 1. The summed E-state index contributed by atoms with van der Waals surface area (Å²) in [5, 5.41) is 3.05. The van der Waals surface area contributed by atoms with Crippen molar-refractivity contribution >= 4 is 17.5 Å². The lowest BCUT2D eigenvalue weighted by molar-refractivity contribution is 0.0958. The number of amides is 1. The van der Waals surface area contributed by atoms with Gasteiger partial charge in [-0.2, -0.15) is 0 Å². The van der Waals surface area contributed by atoms with Gasteiger partial charge < -0.3 is 10.1 Å². The smallest absolute Gasteiger partial charge is 0.254 e. The van der Waals surface area contributed by atoms with Crippen LogP contribution < -0.4 is 10.1 Å². The highest BCUT2D eigenvalue weighted by atomic mass is 35.5. The molecule has 1 amide bonds. The molecule has 1 saturated carbocycles. The molecule has 4 heteroatoms. The number of carbonyl (C=O) groups excluding carboxylic acids is 1. The first kappa shape index (κ1) is 10.3. The topological polar surface area (TPSA) is 38.3 Å². The van der Waals surface area contributed by atoms with E-state index in [1.54, 1.807) is 25.2 Å². The molecule has 0 unspecified atom stereocenters. The first-order chi connectivity index (χ1) is 7.22. The van der Waals surface area contributed by atoms with E-state index in [4.69, 9.17) is 16.3 Å². The minimum absolute atomic E-state index is 0.173. The molecule has 0 saturated heterocycles. The monoisotopic (exact) mass is 225 g/mol. The van der Waals surface area contributed by atoms with Crippen LogP contribution in [-0.4, -0.2) is 19.1 Å². The Hall–Kier alpha value is -1.22. The van der Waals surface area contributed by atoms with Crippen molar-refractivity contribution in [2.75, 3.05) is 7.05 Å². The minimum Gasteiger partial charge on any atom is -0.488 e. The molecule has 80 valence electrons. The molecule has 0 aliphatic heterocycles. The third kappa shape index (κ3) is 2.23. The van der Waals surface area contributed by atoms with Gasteiger partial charge in [-0.25, -0.2) is 0 Å². The summed E-state index contributed by atoms with van der Waals surface area (Å²) in [6, 6.07) is 5.18. The van der Waals surface area contributed by atoms with Gasteiger partial charge in [-0.3, -0.25) is 4.79 Å². The number of halogens is 1. The Balaban J connectivity index is 2.33. The number of hydrogen-bond acceptors (Lipinski definition) is 2. The Morgan fingerprint density at radius 2 is 2.27 bits per heavy atom. The lowest BCUT2D eigenvalue weighted by Crippen LogP contribution is -2.19. The van der Waals surface area contributed by atoms with Crippen molar-refractivity contribution in [2.45, 2.75) is 18.9 Å². The average molecular weight is 226 g/mol. The van der Waals surface area contributed by atoms with Crippen molar-refractivity contribution in [1.29, 1.82) is 0 Å². The molecule has 1 aliphatic carbocycles. The fourth-order valence-corrected chi connectivity index (χ4v) is 1.51. The molecule has 0 atom stereocenters. The first-order valence-corrected chi connectivity index (χ1v) is 5.27. The van der Waals surface area contributed by atoms with Gasteiger partial charge in [0.1, 0.15) is 0 Å². The maximum absolute atomic E-state index is 11.5. The minimum atomic E-state index is -0.173. The number of ether oxygens (including phenoxy) is 1. The summed E-state index contributed by atoms with van der Waals surface area (Å²) in [4.78, 5) is 11.5. The second-order valence-electron chi connectivity index (χ2n) is 3.51. The second-order valence-corrected chi connectivity index (χ2v) is 3.92. The molecule has 1 aromatic rings. The van der Waals surface area contributed by atoms with E-state index in [9.17, 15) is 4.79 Å². The summed E-state index contributed by atoms with van der Waals surface area (Å²) in [6.07, 6.45) is 2.31. The molecular weight excluding hydrogens is 214 g/mol. The largest absolute Gasteiger partial charge is 0.488 e. The summed E-state index contributed by atoms with van der Waals surface area (Å²) in [7, 11) is 1.59. The molecule has 1 aliphatic rings. The van der Waals surface area contributed by atoms with Gasteiger partial charge in [0, 0.05) is 7.05 Å². The van der Waals surface area contributed by atoms with E-state index < -0.39 is 0 Å². The van der Waals surface area contributed by atoms with Crippen LogP contribution >= 0.6 is 11.6 Å². The van der Waals surface area contributed by atoms with E-state index >= 15 is 0 Å². The summed E-state index contributed by atoms with van der Waals surface area (Å²) in [6.45, 7) is 0. The molecule has 0 radical (unpaired) electrons. The lowest BCUT2D eigenvalue weighted by Gasteiger charge is -2.11. The Bertz CT molecular complexity index is 388. The van der Waals surface area contributed by atoms with Gasteiger partial charge in [0.05, 0.1) is 16.7 Å². The molecule has 1 aromatic carbocycles. The quantitative estimate of drug-likeness (QED) is 0.857. The first-order valence-electron chi connectivity index (χ1n) is 4.89. The molecule has 1 fully saturated rings. The number of rotatable bonds is 3. The highest BCUT2D eigenvalue weighted by Crippen LogP contribution is 2.34. The van der Waals surface area contributed by atoms with Crippen molar-refractivity contribution in [3.8, 4) is 5.75 Å². The Morgan fingerprint density at radius 3 is 2.87 bits per heavy atom. The van der Waals surface area contributed by atoms with Crippen LogP contribution in [0.3, 0.4) is 0 Å². The van der Waals surface area contributed by atoms with E-state index in [2.05, 4.69) is 5.32 Å². The van der Waals surface area contributed by atoms with Gasteiger partial charge in [0.2, 0.25) is 0 Å². The maximum atomic E-state index is 11.5. The predicted molar refractivity (Wildman–Crippen MR) is 58.5 cm³/mol. The molecular formula is C11H12ClNO2. The van der Waals surface area contributed by atoms with Gasteiger partial charge >= 0.3 is 0 Å². The van der Waals surface area contributed by atoms with Gasteiger partial charge in [-0.15, -0.1) is 0 Å². The number of benzene rings is 1. The molecule has 2 rings (SSSR count). The van der Waals surface area contributed by atoms with Crippen LogP contribution in [0.25, 0.3) is 0 Å². The molecule has 3 nitrogen and oxygen atoms in total. The highest BCUT2D eigenvalue weighted by molar-refractivity contribution is 6.32. The summed E-state index contributed by atoms with van der Waals surface area (Å²) >= 11 is 6.00. The van der Waals surface area contributed by atoms with Crippen LogP contribution in [-0.2, 0) is 0 Å². The van der Waals surface area contributed by atoms with E-state index in [-0.39, 0.29) is 12.0 Å². The highest BCUT2D eigenvalue weighted by Gasteiger charge is 2.26. The van der Waals surface area contributed by atoms with Crippen molar-refractivity contribution in [3.63, 3.8) is 0 Å². The van der Waals surface area contributed by atoms with Crippen molar-refractivity contribution < 1.29 is 9.53 Å². The molecule has 0 spiro atoms. The number of para-hydroxylation sites is 1. The fraction of sp³-hybridized carbons (Fsp3) is 0.364. The zero-order chi connectivity index (χ0) is 10.8. The second kappa shape index (κ2) is 4.11. The van der Waals surface area contributed by atoms with Crippen LogP contribution in [0.4, 0.5) is 0 Å². The normalized spacial score (nSPS) is 14.8. The number of hydrogen-bond donors (Lipinski definition) is 1. The molecule has 1 N–H and O–H groups in total. The average Bonchev–Trinajstić information content (AvgIpc) is 3.04. The fourth-order valence-electron chi connectivity index (χ4n) is 1.29. The third-order valence-electron chi connectivity index (χ3n) is 2.25. The van der Waals surface area contributed by atoms with E-state index in [1.165, 1.54) is 0 Å². The summed E-state index contributed by atoms with van der Waals surface area (Å²) < 4.78 is 5.62. The lowest BCUT2D eigenvalue weighted by atomic mass is 10.2. The van der Waals surface area contributed by atoms with Crippen molar-refractivity contribution in [1.82, 2.24) is 5.32 Å². The van der Waals surface area contributed by atoms with Gasteiger partial charge in [0.15, 0.2) is 5.75 Å². The maximum Gasteiger partial charge on any atom is 0.254 e. The zero-order valence-electron chi connectivity index (χ0n) is 8.42. The van der Waals surface area contributed by atoms with Gasteiger partial charge in [-0.1, -0.05) is 17.7 Å². The standard InChI is InChI=1S/C11H12ClNO2/c1-13-11(14)8-3-2-4-9(12)10(8)15-7-5-6-7/h2-4,7H,5-6H2,1H3,(H,13,14). The molecule has 0 heterocycles. The third-order valence-corrected chi connectivity index (χ3v) is 2.55. The van der Waals surface area contributed by atoms with Crippen LogP contribution in [0.2, 0.25) is 5.02 Å². The summed E-state index contributed by atoms with van der Waals surface area (Å²) in [5.74, 6) is 0.328. The molecule has 0 aromatic heterocycles. The van der Waals surface area contributed by atoms with Crippen molar-refractivity contribution in [2.24, 2.45) is 0 Å².